The maximum absolute atomic E-state index is 12.8. The first kappa shape index (κ1) is 17.9. The summed E-state index contributed by atoms with van der Waals surface area (Å²) in [5, 5.41) is 12.8. The molecular weight excluding hydrogens is 367 g/mol. The number of pyridine rings is 1. The molecule has 1 aromatic carbocycles. The van der Waals surface area contributed by atoms with Crippen molar-refractivity contribution in [2.24, 2.45) is 0 Å². The molecule has 9 heteroatoms. The van der Waals surface area contributed by atoms with Gasteiger partial charge in [-0.25, -0.2) is 4.98 Å². The molecule has 0 radical (unpaired) electrons. The molecule has 3 aromatic rings. The van der Waals surface area contributed by atoms with Crippen LogP contribution in [-0.2, 0) is 12.7 Å². The predicted molar refractivity (Wildman–Crippen MR) is 90.2 cm³/mol. The van der Waals surface area contributed by atoms with Crippen LogP contribution in [-0.4, -0.2) is 20.9 Å². The van der Waals surface area contributed by atoms with Gasteiger partial charge in [0.25, 0.3) is 0 Å². The van der Waals surface area contributed by atoms with Crippen molar-refractivity contribution in [2.45, 2.75) is 12.7 Å². The number of alkyl halides is 3. The standard InChI is InChI=1S/C17H12F3N3O2S/c18-17(19,20)12-3-1-2-11(5-12)15(25)14-9-23-16(26-14)22-7-10-4-13(24)8-21-6-10/h1-6,8-9,24H,7H2,(H,22,23). The number of benzene rings is 1. The van der Waals surface area contributed by atoms with Crippen LogP contribution in [0.1, 0.15) is 26.4 Å². The fourth-order valence-electron chi connectivity index (χ4n) is 2.19. The average molecular weight is 379 g/mol. The van der Waals surface area contributed by atoms with E-state index >= 15 is 0 Å². The molecule has 2 aromatic heterocycles. The Morgan fingerprint density at radius 2 is 2.00 bits per heavy atom. The minimum absolute atomic E-state index is 0.0313. The number of carbonyl (C=O) groups is 1. The first-order chi connectivity index (χ1) is 12.3. The number of hydrogen-bond donors (Lipinski definition) is 2. The summed E-state index contributed by atoms with van der Waals surface area (Å²) in [5.74, 6) is -0.496. The van der Waals surface area contributed by atoms with E-state index in [1.165, 1.54) is 30.6 Å². The lowest BCUT2D eigenvalue weighted by Gasteiger charge is -2.07. The Hall–Kier alpha value is -2.94. The normalized spacial score (nSPS) is 11.3. The number of aromatic hydroxyl groups is 1. The fourth-order valence-corrected chi connectivity index (χ4v) is 2.96. The van der Waals surface area contributed by atoms with Gasteiger partial charge in [-0.05, 0) is 23.8 Å². The van der Waals surface area contributed by atoms with Crippen molar-refractivity contribution in [3.8, 4) is 5.75 Å². The number of aromatic nitrogens is 2. The third-order valence-electron chi connectivity index (χ3n) is 3.41. The van der Waals surface area contributed by atoms with Crippen molar-refractivity contribution < 1.29 is 23.1 Å². The molecule has 3 rings (SSSR count). The van der Waals surface area contributed by atoms with Crippen LogP contribution in [0.15, 0.2) is 48.9 Å². The van der Waals surface area contributed by atoms with E-state index in [1.54, 1.807) is 6.20 Å². The molecule has 0 aliphatic carbocycles. The van der Waals surface area contributed by atoms with E-state index in [0.29, 0.717) is 17.2 Å². The van der Waals surface area contributed by atoms with Crippen molar-refractivity contribution in [3.63, 3.8) is 0 Å². The molecular formula is C17H12F3N3O2S. The van der Waals surface area contributed by atoms with Gasteiger partial charge in [0.15, 0.2) is 5.13 Å². The van der Waals surface area contributed by atoms with Gasteiger partial charge in [0.1, 0.15) is 5.75 Å². The molecule has 0 aliphatic heterocycles. The monoisotopic (exact) mass is 379 g/mol. The van der Waals surface area contributed by atoms with E-state index < -0.39 is 17.5 Å². The van der Waals surface area contributed by atoms with Crippen molar-refractivity contribution >= 4 is 22.3 Å². The van der Waals surface area contributed by atoms with Crippen LogP contribution in [0.5, 0.6) is 5.75 Å². The van der Waals surface area contributed by atoms with Gasteiger partial charge >= 0.3 is 6.18 Å². The fraction of sp³-hybridized carbons (Fsp3) is 0.118. The van der Waals surface area contributed by atoms with Crippen LogP contribution in [0.25, 0.3) is 0 Å². The molecule has 134 valence electrons. The molecule has 0 unspecified atom stereocenters. The number of thiazole rings is 1. The van der Waals surface area contributed by atoms with E-state index in [-0.39, 0.29) is 16.2 Å². The average Bonchev–Trinajstić information content (AvgIpc) is 3.08. The lowest BCUT2D eigenvalue weighted by Crippen LogP contribution is -2.07. The van der Waals surface area contributed by atoms with E-state index in [2.05, 4.69) is 15.3 Å². The summed E-state index contributed by atoms with van der Waals surface area (Å²) in [6.45, 7) is 0.325. The first-order valence-corrected chi connectivity index (χ1v) is 8.19. The smallest absolute Gasteiger partial charge is 0.416 e. The summed E-state index contributed by atoms with van der Waals surface area (Å²) in [6.07, 6.45) is -0.323. The highest BCUT2D eigenvalue weighted by Gasteiger charge is 2.31. The minimum atomic E-state index is -4.51. The summed E-state index contributed by atoms with van der Waals surface area (Å²) in [5.41, 5.74) is -0.208. The molecule has 5 nitrogen and oxygen atoms in total. The molecule has 0 aliphatic rings. The lowest BCUT2D eigenvalue weighted by molar-refractivity contribution is -0.137. The quantitative estimate of drug-likeness (QED) is 0.653. The second-order valence-corrected chi connectivity index (χ2v) is 6.37. The summed E-state index contributed by atoms with van der Waals surface area (Å²) >= 11 is 1.04. The summed E-state index contributed by atoms with van der Waals surface area (Å²) in [6, 6.07) is 5.81. The van der Waals surface area contributed by atoms with E-state index in [4.69, 9.17) is 0 Å². The molecule has 2 heterocycles. The highest BCUT2D eigenvalue weighted by Crippen LogP contribution is 2.30. The first-order valence-electron chi connectivity index (χ1n) is 7.37. The van der Waals surface area contributed by atoms with Crippen molar-refractivity contribution in [1.82, 2.24) is 9.97 Å². The van der Waals surface area contributed by atoms with E-state index in [1.807, 2.05) is 0 Å². The molecule has 0 saturated heterocycles. The van der Waals surface area contributed by atoms with Crippen LogP contribution >= 0.6 is 11.3 Å². The molecule has 0 fully saturated rings. The molecule has 0 saturated carbocycles. The van der Waals surface area contributed by atoms with Crippen LogP contribution in [0, 0.1) is 0 Å². The number of ketones is 1. The summed E-state index contributed by atoms with van der Waals surface area (Å²) in [4.78, 5) is 20.5. The largest absolute Gasteiger partial charge is 0.506 e. The second-order valence-electron chi connectivity index (χ2n) is 5.34. The van der Waals surface area contributed by atoms with Gasteiger partial charge in [-0.2, -0.15) is 13.2 Å². The number of halogens is 3. The zero-order valence-electron chi connectivity index (χ0n) is 13.1. The molecule has 26 heavy (non-hydrogen) atoms. The highest BCUT2D eigenvalue weighted by molar-refractivity contribution is 7.17. The van der Waals surface area contributed by atoms with Gasteiger partial charge in [-0.1, -0.05) is 23.5 Å². The topological polar surface area (TPSA) is 75.1 Å². The Bertz CT molecular complexity index is 941. The zero-order chi connectivity index (χ0) is 18.7. The number of hydrogen-bond acceptors (Lipinski definition) is 6. The minimum Gasteiger partial charge on any atom is -0.506 e. The Balaban J connectivity index is 1.72. The highest BCUT2D eigenvalue weighted by atomic mass is 32.1. The number of nitrogens with zero attached hydrogens (tertiary/aromatic N) is 2. The molecule has 2 N–H and O–H groups in total. The van der Waals surface area contributed by atoms with Gasteiger partial charge < -0.3 is 10.4 Å². The maximum atomic E-state index is 12.8. The van der Waals surface area contributed by atoms with E-state index in [9.17, 15) is 23.1 Å². The van der Waals surface area contributed by atoms with Crippen LogP contribution in [0.4, 0.5) is 18.3 Å². The zero-order valence-corrected chi connectivity index (χ0v) is 13.9. The second kappa shape index (κ2) is 7.12. The predicted octanol–water partition coefficient (Wildman–Crippen LogP) is 4.11. The van der Waals surface area contributed by atoms with Crippen molar-refractivity contribution in [3.05, 3.63) is 70.5 Å². The van der Waals surface area contributed by atoms with Crippen LogP contribution in [0.3, 0.4) is 0 Å². The number of anilines is 1. The summed E-state index contributed by atoms with van der Waals surface area (Å²) < 4.78 is 38.3. The van der Waals surface area contributed by atoms with Gasteiger partial charge in [-0.15, -0.1) is 0 Å². The van der Waals surface area contributed by atoms with Crippen molar-refractivity contribution in [2.75, 3.05) is 5.32 Å². The lowest BCUT2D eigenvalue weighted by atomic mass is 10.1. The Kier molecular flexibility index (Phi) is 4.90. The Morgan fingerprint density at radius 3 is 2.73 bits per heavy atom. The van der Waals surface area contributed by atoms with Gasteiger partial charge in [0.2, 0.25) is 5.78 Å². The number of rotatable bonds is 5. The Labute approximate surface area is 150 Å². The SMILES string of the molecule is O=C(c1cccc(C(F)(F)F)c1)c1cnc(NCc2cncc(O)c2)s1. The van der Waals surface area contributed by atoms with Crippen LogP contribution < -0.4 is 5.32 Å². The van der Waals surface area contributed by atoms with E-state index in [0.717, 1.165) is 23.5 Å². The molecule has 0 atom stereocenters. The van der Waals surface area contributed by atoms with Gasteiger partial charge in [-0.3, -0.25) is 9.78 Å². The molecule has 0 amide bonds. The molecule has 0 spiro atoms. The van der Waals surface area contributed by atoms with Crippen LogP contribution in [0.2, 0.25) is 0 Å². The van der Waals surface area contributed by atoms with Crippen molar-refractivity contribution in [1.29, 1.82) is 0 Å². The Morgan fingerprint density at radius 1 is 1.19 bits per heavy atom. The third kappa shape index (κ3) is 4.17. The maximum Gasteiger partial charge on any atom is 0.416 e. The summed E-state index contributed by atoms with van der Waals surface area (Å²) in [7, 11) is 0. The number of carbonyl (C=O) groups excluding carboxylic acids is 1. The number of nitrogens with one attached hydrogen (secondary N) is 1. The van der Waals surface area contributed by atoms with Gasteiger partial charge in [0.05, 0.1) is 22.8 Å². The third-order valence-corrected chi connectivity index (χ3v) is 4.36. The molecule has 0 bridgehead atoms. The van der Waals surface area contributed by atoms with Gasteiger partial charge in [0, 0.05) is 18.3 Å².